The zero-order valence-corrected chi connectivity index (χ0v) is 13.6. The predicted octanol–water partition coefficient (Wildman–Crippen LogP) is 3.16. The average molecular weight is 306 g/mol. The summed E-state index contributed by atoms with van der Waals surface area (Å²) in [5.41, 5.74) is 0. The second-order valence-corrected chi connectivity index (χ2v) is 7.35. The van der Waals surface area contributed by atoms with E-state index in [2.05, 4.69) is 15.9 Å². The summed E-state index contributed by atoms with van der Waals surface area (Å²) in [6.45, 7) is 4.44. The van der Waals surface area contributed by atoms with Gasteiger partial charge < -0.3 is 9.80 Å². The Kier molecular flexibility index (Phi) is 5.31. The fraction of sp³-hybridized carbons (Fsp3) is 0.706. The second-order valence-electron chi connectivity index (χ2n) is 6.32. The Hall–Kier alpha value is -0.870. The van der Waals surface area contributed by atoms with Crippen molar-refractivity contribution in [1.82, 2.24) is 9.80 Å². The van der Waals surface area contributed by atoms with Crippen molar-refractivity contribution in [3.05, 3.63) is 22.4 Å². The summed E-state index contributed by atoms with van der Waals surface area (Å²) in [4.78, 5) is 18.3. The lowest BCUT2D eigenvalue weighted by atomic mass is 10.0. The van der Waals surface area contributed by atoms with Gasteiger partial charge in [-0.25, -0.2) is 0 Å². The highest BCUT2D eigenvalue weighted by Gasteiger charge is 2.27. The van der Waals surface area contributed by atoms with Gasteiger partial charge in [0, 0.05) is 24.0 Å². The van der Waals surface area contributed by atoms with Crippen molar-refractivity contribution in [3.8, 4) is 0 Å². The van der Waals surface area contributed by atoms with Crippen molar-refractivity contribution >= 4 is 17.2 Å². The van der Waals surface area contributed by atoms with Gasteiger partial charge in [-0.3, -0.25) is 4.79 Å². The van der Waals surface area contributed by atoms with Crippen LogP contribution in [0.1, 0.15) is 43.4 Å². The Labute approximate surface area is 131 Å². The summed E-state index contributed by atoms with van der Waals surface area (Å²) in [5.74, 6) is 0.312. The van der Waals surface area contributed by atoms with Crippen molar-refractivity contribution in [2.24, 2.45) is 0 Å². The highest BCUT2D eigenvalue weighted by Crippen LogP contribution is 2.21. The molecule has 2 aliphatic heterocycles. The maximum Gasteiger partial charge on any atom is 0.227 e. The van der Waals surface area contributed by atoms with E-state index < -0.39 is 0 Å². The summed E-state index contributed by atoms with van der Waals surface area (Å²) in [6.07, 6.45) is 8.43. The summed E-state index contributed by atoms with van der Waals surface area (Å²) < 4.78 is 0. The molecule has 1 aromatic rings. The number of carbonyl (C=O) groups is 1. The number of rotatable bonds is 3. The number of piperidine rings is 1. The van der Waals surface area contributed by atoms with Crippen LogP contribution < -0.4 is 0 Å². The number of hydrogen-bond donors (Lipinski definition) is 0. The summed E-state index contributed by atoms with van der Waals surface area (Å²) in [6, 6.07) is 4.81. The first-order chi connectivity index (χ1) is 10.3. The number of likely N-dealkylation sites (tertiary alicyclic amines) is 2. The molecule has 0 unspecified atom stereocenters. The van der Waals surface area contributed by atoms with Crippen LogP contribution >= 0.6 is 11.3 Å². The van der Waals surface area contributed by atoms with Crippen LogP contribution in [0.3, 0.4) is 0 Å². The van der Waals surface area contributed by atoms with Gasteiger partial charge in [0.15, 0.2) is 0 Å². The maximum atomic E-state index is 12.3. The molecule has 1 aromatic heterocycles. The van der Waals surface area contributed by atoms with Crippen LogP contribution in [0.5, 0.6) is 0 Å². The molecule has 3 nitrogen and oxygen atoms in total. The van der Waals surface area contributed by atoms with Crippen molar-refractivity contribution < 1.29 is 4.79 Å². The lowest BCUT2D eigenvalue weighted by Crippen LogP contribution is -2.47. The fourth-order valence-corrected chi connectivity index (χ4v) is 4.31. The molecule has 0 bridgehead atoms. The molecule has 2 saturated heterocycles. The number of carbonyl (C=O) groups excluding carboxylic acids is 1. The molecule has 0 radical (unpaired) electrons. The van der Waals surface area contributed by atoms with Crippen molar-refractivity contribution in [2.75, 3.05) is 26.2 Å². The van der Waals surface area contributed by atoms with Gasteiger partial charge in [-0.05, 0) is 50.2 Å². The maximum absolute atomic E-state index is 12.3. The number of hydrogen-bond acceptors (Lipinski definition) is 3. The minimum atomic E-state index is 0.312. The van der Waals surface area contributed by atoms with E-state index in [1.54, 1.807) is 11.3 Å². The first-order valence-corrected chi connectivity index (χ1v) is 9.25. The van der Waals surface area contributed by atoms with Crippen molar-refractivity contribution in [1.29, 1.82) is 0 Å². The van der Waals surface area contributed by atoms with Gasteiger partial charge in [0.05, 0.1) is 6.42 Å². The first-order valence-electron chi connectivity index (χ1n) is 8.37. The van der Waals surface area contributed by atoms with E-state index in [0.717, 1.165) is 25.9 Å². The molecule has 0 N–H and O–H groups in total. The minimum absolute atomic E-state index is 0.312. The van der Waals surface area contributed by atoms with E-state index in [1.165, 1.54) is 43.6 Å². The van der Waals surface area contributed by atoms with Crippen LogP contribution in [0.2, 0.25) is 0 Å². The highest BCUT2D eigenvalue weighted by molar-refractivity contribution is 7.10. The molecule has 0 saturated carbocycles. The van der Waals surface area contributed by atoms with Gasteiger partial charge in [-0.1, -0.05) is 18.9 Å². The molecule has 4 heteroatoms. The van der Waals surface area contributed by atoms with Crippen LogP contribution in [-0.4, -0.2) is 47.9 Å². The number of amides is 1. The van der Waals surface area contributed by atoms with Gasteiger partial charge in [0.1, 0.15) is 0 Å². The zero-order valence-electron chi connectivity index (χ0n) is 12.8. The fourth-order valence-electron chi connectivity index (χ4n) is 3.61. The highest BCUT2D eigenvalue weighted by atomic mass is 32.1. The summed E-state index contributed by atoms with van der Waals surface area (Å²) in [5, 5.41) is 2.05. The number of nitrogens with zero attached hydrogens (tertiary/aromatic N) is 2. The molecular formula is C17H26N2OS. The minimum Gasteiger partial charge on any atom is -0.342 e. The van der Waals surface area contributed by atoms with E-state index >= 15 is 0 Å². The molecule has 2 aliphatic rings. The second kappa shape index (κ2) is 7.41. The van der Waals surface area contributed by atoms with E-state index in [1.807, 2.05) is 11.4 Å². The Morgan fingerprint density at radius 2 is 1.81 bits per heavy atom. The molecule has 1 amide bonds. The van der Waals surface area contributed by atoms with Gasteiger partial charge in [-0.2, -0.15) is 0 Å². The van der Waals surface area contributed by atoms with Crippen LogP contribution in [-0.2, 0) is 11.2 Å². The van der Waals surface area contributed by atoms with Crippen molar-refractivity contribution in [3.63, 3.8) is 0 Å². The molecule has 116 valence electrons. The van der Waals surface area contributed by atoms with Gasteiger partial charge in [-0.15, -0.1) is 11.3 Å². The normalized spacial score (nSPS) is 22.2. The summed E-state index contributed by atoms with van der Waals surface area (Å²) in [7, 11) is 0. The van der Waals surface area contributed by atoms with Gasteiger partial charge in [0.25, 0.3) is 0 Å². The van der Waals surface area contributed by atoms with Crippen LogP contribution in [0.15, 0.2) is 17.5 Å². The molecule has 0 spiro atoms. The molecular weight excluding hydrogens is 280 g/mol. The number of thiophene rings is 1. The van der Waals surface area contributed by atoms with E-state index in [0.29, 0.717) is 18.4 Å². The van der Waals surface area contributed by atoms with E-state index in [-0.39, 0.29) is 0 Å². The predicted molar refractivity (Wildman–Crippen MR) is 87.7 cm³/mol. The van der Waals surface area contributed by atoms with Crippen molar-refractivity contribution in [2.45, 2.75) is 51.0 Å². The third-order valence-electron chi connectivity index (χ3n) is 4.88. The monoisotopic (exact) mass is 306 g/mol. The van der Waals surface area contributed by atoms with Crippen LogP contribution in [0.25, 0.3) is 0 Å². The molecule has 0 aliphatic carbocycles. The molecule has 2 fully saturated rings. The standard InChI is InChI=1S/C17H26N2OS/c20-17(14-16-6-5-13-21-16)19-11-7-15(8-12-19)18-9-3-1-2-4-10-18/h5-6,13,15H,1-4,7-12,14H2. The molecule has 21 heavy (non-hydrogen) atoms. The molecule has 0 aromatic carbocycles. The Morgan fingerprint density at radius 1 is 1.10 bits per heavy atom. The van der Waals surface area contributed by atoms with Crippen LogP contribution in [0.4, 0.5) is 0 Å². The SMILES string of the molecule is O=C(Cc1cccs1)N1CCC(N2CCCCCC2)CC1. The van der Waals surface area contributed by atoms with Crippen LogP contribution in [0, 0.1) is 0 Å². The molecule has 0 atom stereocenters. The molecule has 3 heterocycles. The third kappa shape index (κ3) is 4.07. The van der Waals surface area contributed by atoms with Gasteiger partial charge in [0.2, 0.25) is 5.91 Å². The largest absolute Gasteiger partial charge is 0.342 e. The van der Waals surface area contributed by atoms with Gasteiger partial charge >= 0.3 is 0 Å². The topological polar surface area (TPSA) is 23.6 Å². The zero-order chi connectivity index (χ0) is 14.5. The smallest absolute Gasteiger partial charge is 0.227 e. The lowest BCUT2D eigenvalue weighted by Gasteiger charge is -2.38. The Balaban J connectivity index is 1.47. The Morgan fingerprint density at radius 3 is 2.43 bits per heavy atom. The quantitative estimate of drug-likeness (QED) is 0.856. The average Bonchev–Trinajstić information content (AvgIpc) is 2.87. The third-order valence-corrected chi connectivity index (χ3v) is 5.76. The summed E-state index contributed by atoms with van der Waals surface area (Å²) >= 11 is 1.69. The van der Waals surface area contributed by atoms with E-state index in [9.17, 15) is 4.79 Å². The first kappa shape index (κ1) is 15.0. The van der Waals surface area contributed by atoms with E-state index in [4.69, 9.17) is 0 Å². The molecule has 3 rings (SSSR count). The Bertz CT molecular complexity index is 430. The lowest BCUT2D eigenvalue weighted by molar-refractivity contribution is -0.132.